The van der Waals surface area contributed by atoms with Crippen molar-refractivity contribution in [3.05, 3.63) is 35.5 Å². The van der Waals surface area contributed by atoms with Gasteiger partial charge in [-0.25, -0.2) is 0 Å². The van der Waals surface area contributed by atoms with Gasteiger partial charge in [0, 0.05) is 6.54 Å². The summed E-state index contributed by atoms with van der Waals surface area (Å²) < 4.78 is 12.9. The van der Waals surface area contributed by atoms with E-state index in [1.54, 1.807) is 0 Å². The zero-order valence-corrected chi connectivity index (χ0v) is 11.7. The molecule has 1 atom stereocenters. The molecule has 0 saturated heterocycles. The van der Waals surface area contributed by atoms with Gasteiger partial charge in [-0.15, -0.1) is 4.37 Å². The molecule has 1 aromatic carbocycles. The topological polar surface area (TPSA) is 91.1 Å². The highest BCUT2D eigenvalue weighted by atomic mass is 32.1. The quantitative estimate of drug-likeness (QED) is 0.839. The van der Waals surface area contributed by atoms with Gasteiger partial charge in [0.2, 0.25) is 5.88 Å². The lowest BCUT2D eigenvalue weighted by Gasteiger charge is -2.14. The second-order valence-corrected chi connectivity index (χ2v) is 4.76. The summed E-state index contributed by atoms with van der Waals surface area (Å²) in [6, 6.07) is 7.70. The average Bonchev–Trinajstić information content (AvgIpc) is 2.96. The summed E-state index contributed by atoms with van der Waals surface area (Å²) in [5.74, 6) is 0.405. The Kier molecular flexibility index (Phi) is 4.87. The fourth-order valence-corrected chi connectivity index (χ4v) is 2.02. The van der Waals surface area contributed by atoms with E-state index in [1.807, 2.05) is 25.1 Å². The fraction of sp³-hybridized carbons (Fsp3) is 0.308. The number of nitrogens with one attached hydrogen (secondary N) is 1. The number of benzene rings is 1. The molecule has 104 valence electrons. The summed E-state index contributed by atoms with van der Waals surface area (Å²) in [5, 5.41) is 22.0. The Balaban J connectivity index is 1.86. The Morgan fingerprint density at radius 1 is 1.55 bits per heavy atom. The van der Waals surface area contributed by atoms with E-state index < -0.39 is 6.10 Å². The second-order valence-electron chi connectivity index (χ2n) is 4.20. The molecule has 1 aromatic heterocycles. The number of hydrogen-bond donors (Lipinski definition) is 2. The van der Waals surface area contributed by atoms with Crippen LogP contribution in [0.3, 0.4) is 0 Å². The molecule has 6 nitrogen and oxygen atoms in total. The monoisotopic (exact) mass is 290 g/mol. The highest BCUT2D eigenvalue weighted by molar-refractivity contribution is 6.99. The minimum Gasteiger partial charge on any atom is -0.473 e. The first-order chi connectivity index (χ1) is 9.70. The van der Waals surface area contributed by atoms with Crippen molar-refractivity contribution in [3.8, 4) is 11.9 Å². The molecule has 0 aliphatic heterocycles. The first kappa shape index (κ1) is 14.2. The van der Waals surface area contributed by atoms with Crippen molar-refractivity contribution in [1.29, 1.82) is 5.26 Å². The van der Waals surface area contributed by atoms with Crippen LogP contribution in [0.15, 0.2) is 24.4 Å². The molecular formula is C13H14N4O2S. The summed E-state index contributed by atoms with van der Waals surface area (Å²) in [7, 11) is 0. The van der Waals surface area contributed by atoms with Crippen LogP contribution in [0.2, 0.25) is 0 Å². The normalized spacial score (nSPS) is 11.7. The molecule has 0 amide bonds. The van der Waals surface area contributed by atoms with Crippen LogP contribution in [0.4, 0.5) is 5.69 Å². The Morgan fingerprint density at radius 2 is 2.40 bits per heavy atom. The molecule has 1 heterocycles. The van der Waals surface area contributed by atoms with Crippen LogP contribution in [0.1, 0.15) is 11.1 Å². The summed E-state index contributed by atoms with van der Waals surface area (Å²) in [6.07, 6.45) is 0.794. The van der Waals surface area contributed by atoms with Gasteiger partial charge in [-0.2, -0.15) is 9.64 Å². The molecule has 0 aliphatic rings. The lowest BCUT2D eigenvalue weighted by Crippen LogP contribution is -2.26. The Hall–Kier alpha value is -2.17. The number of nitrogens with zero attached hydrogens (tertiary/aromatic N) is 3. The maximum atomic E-state index is 9.83. The van der Waals surface area contributed by atoms with Gasteiger partial charge in [0.25, 0.3) is 0 Å². The van der Waals surface area contributed by atoms with E-state index in [0.29, 0.717) is 17.1 Å². The van der Waals surface area contributed by atoms with Gasteiger partial charge in [-0.1, -0.05) is 12.1 Å². The number of nitriles is 1. The molecule has 7 heteroatoms. The van der Waals surface area contributed by atoms with Crippen molar-refractivity contribution in [2.45, 2.75) is 13.0 Å². The Morgan fingerprint density at radius 3 is 3.10 bits per heavy atom. The molecule has 2 rings (SSSR count). The van der Waals surface area contributed by atoms with E-state index in [1.165, 1.54) is 6.20 Å². The summed E-state index contributed by atoms with van der Waals surface area (Å²) in [4.78, 5) is 0. The van der Waals surface area contributed by atoms with E-state index in [0.717, 1.165) is 17.3 Å². The van der Waals surface area contributed by atoms with Gasteiger partial charge < -0.3 is 15.2 Å². The SMILES string of the molecule is Cc1cccc(NCC(O)COc2cnsn2)c1C#N. The zero-order valence-electron chi connectivity index (χ0n) is 10.9. The van der Waals surface area contributed by atoms with Crippen molar-refractivity contribution in [3.63, 3.8) is 0 Å². The average molecular weight is 290 g/mol. The minimum absolute atomic E-state index is 0.117. The van der Waals surface area contributed by atoms with Crippen LogP contribution in [0.5, 0.6) is 5.88 Å². The van der Waals surface area contributed by atoms with Gasteiger partial charge in [0.05, 0.1) is 23.0 Å². The van der Waals surface area contributed by atoms with Crippen LogP contribution < -0.4 is 10.1 Å². The van der Waals surface area contributed by atoms with Gasteiger partial charge in [0.15, 0.2) is 0 Å². The van der Waals surface area contributed by atoms with Gasteiger partial charge in [-0.05, 0) is 18.6 Å². The highest BCUT2D eigenvalue weighted by Gasteiger charge is 2.09. The molecular weight excluding hydrogens is 276 g/mol. The van der Waals surface area contributed by atoms with Crippen molar-refractivity contribution in [2.75, 3.05) is 18.5 Å². The van der Waals surface area contributed by atoms with E-state index in [-0.39, 0.29) is 13.2 Å². The third-order valence-electron chi connectivity index (χ3n) is 2.68. The van der Waals surface area contributed by atoms with Crippen molar-refractivity contribution >= 4 is 17.4 Å². The fourth-order valence-electron chi connectivity index (χ4n) is 1.65. The highest BCUT2D eigenvalue weighted by Crippen LogP contribution is 2.18. The molecule has 0 radical (unpaired) electrons. The molecule has 20 heavy (non-hydrogen) atoms. The maximum Gasteiger partial charge on any atom is 0.245 e. The van der Waals surface area contributed by atoms with Crippen LogP contribution in [-0.2, 0) is 0 Å². The molecule has 0 saturated carbocycles. The zero-order chi connectivity index (χ0) is 14.4. The number of anilines is 1. The third-order valence-corrected chi connectivity index (χ3v) is 3.14. The predicted octanol–water partition coefficient (Wildman–Crippen LogP) is 1.57. The van der Waals surface area contributed by atoms with Crippen LogP contribution in [0, 0.1) is 18.3 Å². The first-order valence-electron chi connectivity index (χ1n) is 6.02. The number of aromatic nitrogens is 2. The van der Waals surface area contributed by atoms with Crippen LogP contribution in [0.25, 0.3) is 0 Å². The Labute approximate surface area is 121 Å². The van der Waals surface area contributed by atoms with E-state index >= 15 is 0 Å². The first-order valence-corrected chi connectivity index (χ1v) is 6.75. The third kappa shape index (κ3) is 3.66. The smallest absolute Gasteiger partial charge is 0.245 e. The van der Waals surface area contributed by atoms with Gasteiger partial charge >= 0.3 is 0 Å². The predicted molar refractivity (Wildman–Crippen MR) is 75.8 cm³/mol. The van der Waals surface area contributed by atoms with E-state index in [9.17, 15) is 5.11 Å². The van der Waals surface area contributed by atoms with Crippen molar-refractivity contribution in [1.82, 2.24) is 8.75 Å². The van der Waals surface area contributed by atoms with Gasteiger partial charge in [-0.3, -0.25) is 0 Å². The number of rotatable bonds is 6. The Bertz CT molecular complexity index is 595. The summed E-state index contributed by atoms with van der Waals surface area (Å²) >= 11 is 1.05. The van der Waals surface area contributed by atoms with E-state index in [4.69, 9.17) is 10.00 Å². The standard InChI is InChI=1S/C13H14N4O2S/c1-9-3-2-4-12(11(9)5-14)15-6-10(18)8-19-13-7-16-20-17-13/h2-4,7,10,15,18H,6,8H2,1H3. The van der Waals surface area contributed by atoms with Crippen molar-refractivity contribution < 1.29 is 9.84 Å². The number of aryl methyl sites for hydroxylation is 1. The molecule has 0 aliphatic carbocycles. The van der Waals surface area contributed by atoms with Gasteiger partial charge in [0.1, 0.15) is 25.0 Å². The van der Waals surface area contributed by atoms with Crippen LogP contribution in [-0.4, -0.2) is 33.1 Å². The number of ether oxygens (including phenoxy) is 1. The largest absolute Gasteiger partial charge is 0.473 e. The minimum atomic E-state index is -0.705. The second kappa shape index (κ2) is 6.84. The number of hydrogen-bond acceptors (Lipinski definition) is 7. The molecule has 0 bridgehead atoms. The molecule has 0 spiro atoms. The maximum absolute atomic E-state index is 9.83. The number of aliphatic hydroxyl groups excluding tert-OH is 1. The molecule has 1 unspecified atom stereocenters. The molecule has 2 aromatic rings. The van der Waals surface area contributed by atoms with Crippen LogP contribution >= 0.6 is 11.7 Å². The number of aliphatic hydroxyl groups is 1. The lowest BCUT2D eigenvalue weighted by molar-refractivity contribution is 0.115. The lowest BCUT2D eigenvalue weighted by atomic mass is 10.1. The van der Waals surface area contributed by atoms with E-state index in [2.05, 4.69) is 20.1 Å². The molecule has 0 fully saturated rings. The summed E-state index contributed by atoms with van der Waals surface area (Å²) in [5.41, 5.74) is 2.20. The molecule has 2 N–H and O–H groups in total. The summed E-state index contributed by atoms with van der Waals surface area (Å²) in [6.45, 7) is 2.28. The van der Waals surface area contributed by atoms with Crippen molar-refractivity contribution in [2.24, 2.45) is 0 Å².